The molecule has 1 amide bonds. The standard InChI is InChI=1S/C21H22N4O/c1-3-25(15-17-10-5-4-6-11-17)20-14-13-19(23-24-20)22-21(26)18-12-8-7-9-16(18)2/h4-14H,3,15H2,1-2H3,(H,22,23,26). The summed E-state index contributed by atoms with van der Waals surface area (Å²) in [6, 6.07) is 21.4. The first-order valence-corrected chi connectivity index (χ1v) is 8.67. The predicted octanol–water partition coefficient (Wildman–Crippen LogP) is 4.06. The van der Waals surface area contributed by atoms with Crippen molar-refractivity contribution in [3.63, 3.8) is 0 Å². The van der Waals surface area contributed by atoms with Gasteiger partial charge in [-0.2, -0.15) is 0 Å². The van der Waals surface area contributed by atoms with Crippen LogP contribution in [0.15, 0.2) is 66.7 Å². The molecule has 26 heavy (non-hydrogen) atoms. The van der Waals surface area contributed by atoms with Crippen LogP contribution in [0.1, 0.15) is 28.4 Å². The van der Waals surface area contributed by atoms with Crippen molar-refractivity contribution in [2.75, 3.05) is 16.8 Å². The summed E-state index contributed by atoms with van der Waals surface area (Å²) in [7, 11) is 0. The van der Waals surface area contributed by atoms with Gasteiger partial charge >= 0.3 is 0 Å². The Morgan fingerprint density at radius 2 is 1.69 bits per heavy atom. The van der Waals surface area contributed by atoms with Crippen LogP contribution >= 0.6 is 0 Å². The number of nitrogens with zero attached hydrogens (tertiary/aromatic N) is 3. The van der Waals surface area contributed by atoms with Crippen LogP contribution in [0.3, 0.4) is 0 Å². The quantitative estimate of drug-likeness (QED) is 0.731. The molecule has 0 bridgehead atoms. The number of carbonyl (C=O) groups is 1. The minimum atomic E-state index is -0.179. The third kappa shape index (κ3) is 4.25. The van der Waals surface area contributed by atoms with Crippen molar-refractivity contribution >= 4 is 17.5 Å². The van der Waals surface area contributed by atoms with Crippen molar-refractivity contribution in [3.05, 3.63) is 83.4 Å². The van der Waals surface area contributed by atoms with Gasteiger partial charge in [0.15, 0.2) is 11.6 Å². The van der Waals surface area contributed by atoms with E-state index in [4.69, 9.17) is 0 Å². The molecule has 5 nitrogen and oxygen atoms in total. The molecule has 0 spiro atoms. The summed E-state index contributed by atoms with van der Waals surface area (Å²) in [4.78, 5) is 14.5. The fraction of sp³-hybridized carbons (Fsp3) is 0.190. The molecule has 0 saturated heterocycles. The lowest BCUT2D eigenvalue weighted by Crippen LogP contribution is -2.23. The van der Waals surface area contributed by atoms with Crippen LogP contribution < -0.4 is 10.2 Å². The molecular weight excluding hydrogens is 324 g/mol. The van der Waals surface area contributed by atoms with Gasteiger partial charge < -0.3 is 10.2 Å². The largest absolute Gasteiger partial charge is 0.351 e. The van der Waals surface area contributed by atoms with E-state index in [1.54, 1.807) is 12.1 Å². The third-order valence-electron chi connectivity index (χ3n) is 4.20. The van der Waals surface area contributed by atoms with E-state index in [-0.39, 0.29) is 5.91 Å². The molecule has 132 valence electrons. The number of amides is 1. The van der Waals surface area contributed by atoms with Gasteiger partial charge in [0, 0.05) is 18.7 Å². The number of aromatic nitrogens is 2. The predicted molar refractivity (Wildman–Crippen MR) is 104 cm³/mol. The Balaban J connectivity index is 1.69. The lowest BCUT2D eigenvalue weighted by Gasteiger charge is -2.21. The highest BCUT2D eigenvalue weighted by Crippen LogP contribution is 2.16. The van der Waals surface area contributed by atoms with Gasteiger partial charge in [0.2, 0.25) is 0 Å². The first-order chi connectivity index (χ1) is 12.7. The Morgan fingerprint density at radius 1 is 0.962 bits per heavy atom. The third-order valence-corrected chi connectivity index (χ3v) is 4.20. The molecule has 3 rings (SSSR count). The zero-order chi connectivity index (χ0) is 18.4. The van der Waals surface area contributed by atoms with E-state index < -0.39 is 0 Å². The second kappa shape index (κ2) is 8.25. The average molecular weight is 346 g/mol. The Labute approximate surface area is 153 Å². The Hall–Kier alpha value is -3.21. The summed E-state index contributed by atoms with van der Waals surface area (Å²) in [6.45, 7) is 5.57. The number of hydrogen-bond donors (Lipinski definition) is 1. The number of carbonyl (C=O) groups excluding carboxylic acids is 1. The van der Waals surface area contributed by atoms with Crippen LogP contribution in [0, 0.1) is 6.92 Å². The highest BCUT2D eigenvalue weighted by Gasteiger charge is 2.11. The monoisotopic (exact) mass is 346 g/mol. The number of rotatable bonds is 6. The van der Waals surface area contributed by atoms with Gasteiger partial charge in [-0.3, -0.25) is 4.79 Å². The number of nitrogens with one attached hydrogen (secondary N) is 1. The maximum Gasteiger partial charge on any atom is 0.257 e. The topological polar surface area (TPSA) is 58.1 Å². The van der Waals surface area contributed by atoms with Gasteiger partial charge in [-0.25, -0.2) is 0 Å². The van der Waals surface area contributed by atoms with Crippen molar-refractivity contribution < 1.29 is 4.79 Å². The van der Waals surface area contributed by atoms with Gasteiger partial charge in [0.25, 0.3) is 5.91 Å². The molecule has 2 aromatic carbocycles. The number of aryl methyl sites for hydroxylation is 1. The summed E-state index contributed by atoms with van der Waals surface area (Å²) in [5.41, 5.74) is 2.78. The van der Waals surface area contributed by atoms with E-state index in [0.717, 1.165) is 24.5 Å². The van der Waals surface area contributed by atoms with Gasteiger partial charge in [-0.15, -0.1) is 10.2 Å². The first kappa shape index (κ1) is 17.6. The van der Waals surface area contributed by atoms with Crippen molar-refractivity contribution in [3.8, 4) is 0 Å². The van der Waals surface area contributed by atoms with Crippen LogP contribution in [0.4, 0.5) is 11.6 Å². The van der Waals surface area contributed by atoms with Gasteiger partial charge in [-0.1, -0.05) is 48.5 Å². The number of benzene rings is 2. The number of anilines is 2. The highest BCUT2D eigenvalue weighted by molar-refractivity contribution is 6.04. The zero-order valence-corrected chi connectivity index (χ0v) is 15.0. The molecule has 0 aliphatic rings. The molecule has 0 aliphatic heterocycles. The maximum absolute atomic E-state index is 12.4. The Morgan fingerprint density at radius 3 is 2.35 bits per heavy atom. The van der Waals surface area contributed by atoms with Crippen molar-refractivity contribution in [1.29, 1.82) is 0 Å². The molecule has 3 aromatic rings. The summed E-state index contributed by atoms with van der Waals surface area (Å²) >= 11 is 0. The van der Waals surface area contributed by atoms with E-state index in [0.29, 0.717) is 11.4 Å². The molecule has 0 aliphatic carbocycles. The van der Waals surface area contributed by atoms with Gasteiger partial charge in [0.1, 0.15) is 0 Å². The minimum absolute atomic E-state index is 0.179. The van der Waals surface area contributed by atoms with E-state index in [1.165, 1.54) is 5.56 Å². The van der Waals surface area contributed by atoms with Crippen LogP contribution in [-0.4, -0.2) is 22.6 Å². The van der Waals surface area contributed by atoms with Crippen LogP contribution in [0.25, 0.3) is 0 Å². The Kier molecular flexibility index (Phi) is 5.59. The molecule has 0 radical (unpaired) electrons. The molecule has 0 atom stereocenters. The molecule has 0 fully saturated rings. The summed E-state index contributed by atoms with van der Waals surface area (Å²) in [6.07, 6.45) is 0. The van der Waals surface area contributed by atoms with E-state index in [9.17, 15) is 4.79 Å². The summed E-state index contributed by atoms with van der Waals surface area (Å²) < 4.78 is 0. The van der Waals surface area contributed by atoms with Crippen molar-refractivity contribution in [1.82, 2.24) is 10.2 Å². The molecule has 0 unspecified atom stereocenters. The zero-order valence-electron chi connectivity index (χ0n) is 15.0. The molecule has 1 aromatic heterocycles. The Bertz CT molecular complexity index is 863. The average Bonchev–Trinajstić information content (AvgIpc) is 2.68. The molecule has 5 heteroatoms. The van der Waals surface area contributed by atoms with E-state index in [1.807, 2.05) is 49.4 Å². The molecule has 1 N–H and O–H groups in total. The fourth-order valence-corrected chi connectivity index (χ4v) is 2.73. The van der Waals surface area contributed by atoms with Crippen molar-refractivity contribution in [2.24, 2.45) is 0 Å². The smallest absolute Gasteiger partial charge is 0.257 e. The van der Waals surface area contributed by atoms with E-state index in [2.05, 4.69) is 39.5 Å². The number of hydrogen-bond acceptors (Lipinski definition) is 4. The molecular formula is C21H22N4O. The maximum atomic E-state index is 12.4. The SMILES string of the molecule is CCN(Cc1ccccc1)c1ccc(NC(=O)c2ccccc2C)nn1. The summed E-state index contributed by atoms with van der Waals surface area (Å²) in [5, 5.41) is 11.2. The van der Waals surface area contributed by atoms with Crippen LogP contribution in [-0.2, 0) is 6.54 Å². The second-order valence-electron chi connectivity index (χ2n) is 6.05. The van der Waals surface area contributed by atoms with E-state index >= 15 is 0 Å². The second-order valence-corrected chi connectivity index (χ2v) is 6.05. The molecule has 0 saturated carbocycles. The fourth-order valence-electron chi connectivity index (χ4n) is 2.73. The highest BCUT2D eigenvalue weighted by atomic mass is 16.1. The first-order valence-electron chi connectivity index (χ1n) is 8.67. The molecule has 1 heterocycles. The van der Waals surface area contributed by atoms with Crippen molar-refractivity contribution in [2.45, 2.75) is 20.4 Å². The van der Waals surface area contributed by atoms with Gasteiger partial charge in [0.05, 0.1) is 0 Å². The van der Waals surface area contributed by atoms with Crippen LogP contribution in [0.2, 0.25) is 0 Å². The van der Waals surface area contributed by atoms with Gasteiger partial charge in [-0.05, 0) is 43.2 Å². The minimum Gasteiger partial charge on any atom is -0.351 e. The lowest BCUT2D eigenvalue weighted by molar-refractivity contribution is 0.102. The van der Waals surface area contributed by atoms with Crippen LogP contribution in [0.5, 0.6) is 0 Å². The summed E-state index contributed by atoms with van der Waals surface area (Å²) in [5.74, 6) is 1.05. The normalized spacial score (nSPS) is 10.4. The lowest BCUT2D eigenvalue weighted by atomic mass is 10.1.